The van der Waals surface area contributed by atoms with Gasteiger partial charge in [0.1, 0.15) is 12.4 Å². The fraction of sp³-hybridized carbons (Fsp3) is 0.421. The first kappa shape index (κ1) is 22.3. The third-order valence-electron chi connectivity index (χ3n) is 5.02. The summed E-state index contributed by atoms with van der Waals surface area (Å²) in [6, 6.07) is 7.90. The normalized spacial score (nSPS) is 28.5. The number of benzene rings is 1. The van der Waals surface area contributed by atoms with Crippen molar-refractivity contribution in [2.45, 2.75) is 37.6 Å². The molecule has 1 aromatic carbocycles. The van der Waals surface area contributed by atoms with Crippen LogP contribution in [0, 0.1) is 0 Å². The zero-order valence-corrected chi connectivity index (χ0v) is 18.0. The van der Waals surface area contributed by atoms with Crippen molar-refractivity contribution in [3.05, 3.63) is 62.9 Å². The molecule has 2 fully saturated rings. The summed E-state index contributed by atoms with van der Waals surface area (Å²) in [6.07, 6.45) is -3.90. The van der Waals surface area contributed by atoms with Crippen LogP contribution in [-0.2, 0) is 29.7 Å². The molecule has 3 heterocycles. The molecule has 32 heavy (non-hydrogen) atoms. The maximum Gasteiger partial charge on any atom is 0.509 e. The molecule has 2 aromatic rings. The van der Waals surface area contributed by atoms with E-state index in [1.165, 1.54) is 0 Å². The summed E-state index contributed by atoms with van der Waals surface area (Å²) in [5.74, 6) is -2.48. The lowest BCUT2D eigenvalue weighted by atomic mass is 10.1. The third-order valence-corrected chi connectivity index (χ3v) is 6.14. The molecular formula is C19H20FN2O9P. The summed E-state index contributed by atoms with van der Waals surface area (Å²) in [6.45, 7) is 2.11. The minimum Gasteiger partial charge on any atom is -0.424 e. The van der Waals surface area contributed by atoms with Crippen molar-refractivity contribution in [2.24, 2.45) is 0 Å². The van der Waals surface area contributed by atoms with E-state index in [0.717, 1.165) is 29.1 Å². The number of rotatable bonds is 7. The van der Waals surface area contributed by atoms with Crippen LogP contribution in [0.2, 0.25) is 0 Å². The van der Waals surface area contributed by atoms with Crippen molar-refractivity contribution in [1.29, 1.82) is 0 Å². The van der Waals surface area contributed by atoms with Gasteiger partial charge in [-0.3, -0.25) is 18.9 Å². The number of ether oxygens (including phenoxy) is 3. The molecule has 1 unspecified atom stereocenters. The highest BCUT2D eigenvalue weighted by Gasteiger charge is 2.65. The molecule has 2 aliphatic rings. The second-order valence-electron chi connectivity index (χ2n) is 7.28. The summed E-state index contributed by atoms with van der Waals surface area (Å²) < 4.78 is 55.3. The monoisotopic (exact) mass is 470 g/mol. The Morgan fingerprint density at radius 3 is 2.69 bits per heavy atom. The summed E-state index contributed by atoms with van der Waals surface area (Å²) >= 11 is 0. The molecule has 13 heteroatoms. The predicted octanol–water partition coefficient (Wildman–Crippen LogP) is 2.12. The second kappa shape index (κ2) is 8.19. The van der Waals surface area contributed by atoms with E-state index in [1.54, 1.807) is 24.3 Å². The molecule has 0 bridgehead atoms. The largest absolute Gasteiger partial charge is 0.509 e. The molecule has 2 aliphatic heterocycles. The molecule has 1 N–H and O–H groups in total. The van der Waals surface area contributed by atoms with Gasteiger partial charge in [0.25, 0.3) is 11.4 Å². The predicted molar refractivity (Wildman–Crippen MR) is 106 cm³/mol. The van der Waals surface area contributed by atoms with Crippen LogP contribution in [-0.4, -0.2) is 47.0 Å². The maximum atomic E-state index is 15.7. The Morgan fingerprint density at radius 2 is 1.97 bits per heavy atom. The van der Waals surface area contributed by atoms with Crippen LogP contribution in [0.3, 0.4) is 0 Å². The van der Waals surface area contributed by atoms with Gasteiger partial charge in [0.05, 0.1) is 0 Å². The fourth-order valence-electron chi connectivity index (χ4n) is 3.50. The molecule has 0 aliphatic carbocycles. The molecular weight excluding hydrogens is 450 g/mol. The third kappa shape index (κ3) is 4.21. The van der Waals surface area contributed by atoms with Gasteiger partial charge in [0.2, 0.25) is 6.10 Å². The molecule has 172 valence electrons. The highest BCUT2D eigenvalue weighted by atomic mass is 31.2. The van der Waals surface area contributed by atoms with Crippen molar-refractivity contribution >= 4 is 13.8 Å². The number of para-hydroxylation sites is 1. The van der Waals surface area contributed by atoms with Gasteiger partial charge in [0, 0.05) is 18.9 Å². The fourth-order valence-corrected chi connectivity index (χ4v) is 4.50. The number of hydrogen-bond donors (Lipinski definition) is 1. The maximum absolute atomic E-state index is 15.7. The number of fused-ring (bicyclic) bond motifs is 1. The molecule has 11 nitrogen and oxygen atoms in total. The number of halogens is 1. The number of H-pyrrole nitrogens is 1. The number of aryl methyl sites for hydroxylation is 1. The second-order valence-corrected chi connectivity index (χ2v) is 9.26. The van der Waals surface area contributed by atoms with Crippen LogP contribution in [0.15, 0.2) is 46.1 Å². The van der Waals surface area contributed by atoms with Crippen LogP contribution in [0.1, 0.15) is 18.7 Å². The molecule has 0 radical (unpaired) electrons. The first-order valence-electron chi connectivity index (χ1n) is 9.67. The zero-order chi connectivity index (χ0) is 23.1. The number of carbonyl (C=O) groups is 1. The van der Waals surface area contributed by atoms with E-state index in [4.69, 9.17) is 23.3 Å². The number of hydrogen-bond acceptors (Lipinski definition) is 9. The Bertz CT molecular complexity index is 1200. The van der Waals surface area contributed by atoms with Crippen LogP contribution in [0.4, 0.5) is 9.18 Å². The molecule has 4 rings (SSSR count). The van der Waals surface area contributed by atoms with E-state index in [2.05, 4.69) is 0 Å². The topological polar surface area (TPSA) is 135 Å². The number of aromatic amines is 1. The van der Waals surface area contributed by atoms with E-state index in [0.29, 0.717) is 12.2 Å². The summed E-state index contributed by atoms with van der Waals surface area (Å²) in [5.41, 5.74) is -0.803. The minimum absolute atomic E-state index is 0.326. The van der Waals surface area contributed by atoms with Gasteiger partial charge >= 0.3 is 19.4 Å². The van der Waals surface area contributed by atoms with Gasteiger partial charge in [-0.05, 0) is 18.1 Å². The van der Waals surface area contributed by atoms with Crippen LogP contribution in [0.25, 0.3) is 0 Å². The van der Waals surface area contributed by atoms with Crippen LogP contribution < -0.4 is 15.8 Å². The van der Waals surface area contributed by atoms with Gasteiger partial charge in [-0.2, -0.15) is 0 Å². The van der Waals surface area contributed by atoms with Crippen molar-refractivity contribution in [2.75, 3.05) is 13.3 Å². The van der Waals surface area contributed by atoms with Crippen LogP contribution >= 0.6 is 7.60 Å². The Morgan fingerprint density at radius 1 is 1.22 bits per heavy atom. The first-order valence-corrected chi connectivity index (χ1v) is 11.7. The number of aromatic nitrogens is 2. The van der Waals surface area contributed by atoms with Gasteiger partial charge < -0.3 is 18.7 Å². The van der Waals surface area contributed by atoms with Crippen molar-refractivity contribution in [3.63, 3.8) is 0 Å². The lowest BCUT2D eigenvalue weighted by Gasteiger charge is -2.25. The average molecular weight is 470 g/mol. The Kier molecular flexibility index (Phi) is 5.70. The summed E-state index contributed by atoms with van der Waals surface area (Å²) in [5, 5.41) is 0. The van der Waals surface area contributed by atoms with Crippen LogP contribution in [0.5, 0.6) is 5.75 Å². The molecule has 5 atom stereocenters. The summed E-state index contributed by atoms with van der Waals surface area (Å²) in [4.78, 5) is 37.1. The molecule has 0 spiro atoms. The number of nitrogens with zero attached hydrogens (tertiary/aromatic N) is 1. The highest BCUT2D eigenvalue weighted by Crippen LogP contribution is 2.50. The van der Waals surface area contributed by atoms with E-state index in [1.807, 2.05) is 11.9 Å². The zero-order valence-electron chi connectivity index (χ0n) is 17.1. The lowest BCUT2D eigenvalue weighted by molar-refractivity contribution is -0.207. The van der Waals surface area contributed by atoms with Gasteiger partial charge in [-0.15, -0.1) is 0 Å². The molecule has 2 saturated heterocycles. The van der Waals surface area contributed by atoms with E-state index < -0.39 is 55.9 Å². The first-order chi connectivity index (χ1) is 15.1. The van der Waals surface area contributed by atoms with E-state index in [9.17, 15) is 18.9 Å². The van der Waals surface area contributed by atoms with Crippen molar-refractivity contribution < 1.29 is 37.0 Å². The summed E-state index contributed by atoms with van der Waals surface area (Å²) in [7, 11) is -3.83. The molecule has 0 saturated carbocycles. The minimum atomic E-state index is -3.83. The molecule has 1 aromatic heterocycles. The highest BCUT2D eigenvalue weighted by molar-refractivity contribution is 7.53. The number of nitrogens with one attached hydrogen (secondary N) is 1. The number of carbonyl (C=O) groups excluding carboxylic acids is 1. The van der Waals surface area contributed by atoms with E-state index in [-0.39, 0.29) is 0 Å². The molecule has 0 amide bonds. The average Bonchev–Trinajstić information content (AvgIpc) is 3.24. The van der Waals surface area contributed by atoms with Gasteiger partial charge in [0.15, 0.2) is 12.3 Å². The Hall–Kier alpha value is -2.95. The smallest absolute Gasteiger partial charge is 0.424 e. The van der Waals surface area contributed by atoms with Crippen molar-refractivity contribution in [1.82, 2.24) is 9.55 Å². The van der Waals surface area contributed by atoms with Gasteiger partial charge in [-0.1, -0.05) is 25.1 Å². The van der Waals surface area contributed by atoms with Gasteiger partial charge in [-0.25, -0.2) is 18.5 Å². The Labute approximate surface area is 180 Å². The Balaban J connectivity index is 1.55. The number of alkyl halides is 1. The SMILES string of the molecule is CCc1ccccc1OP(C)(=O)OC[C@@]1(F)O[C@@H](n2ccc(=O)[nH]c2=O)[C@@H]2OC(=O)O[C@@H]21. The standard InChI is InChI=1S/C19H20FN2O9P/c1-3-11-6-4-5-7-12(11)31-32(2,26)27-10-19(20)15-14(28-18(25)29-15)16(30-19)22-9-8-13(23)21-17(22)24/h4-9,14-16H,3,10H2,1-2H3,(H,21,23,24)/t14-,15+,16-,19-,32?/m1/s1. The van der Waals surface area contributed by atoms with Crippen molar-refractivity contribution in [3.8, 4) is 5.75 Å². The quantitative estimate of drug-likeness (QED) is 0.477. The lowest BCUT2D eigenvalue weighted by Crippen LogP contribution is -2.42. The van der Waals surface area contributed by atoms with E-state index >= 15 is 4.39 Å².